The summed E-state index contributed by atoms with van der Waals surface area (Å²) in [5.41, 5.74) is 0. The largest absolute Gasteiger partial charge is 0.492 e. The predicted octanol–water partition coefficient (Wildman–Crippen LogP) is 3.30. The third-order valence-electron chi connectivity index (χ3n) is 2.71. The van der Waals surface area contributed by atoms with E-state index in [1.54, 1.807) is 24.3 Å². The van der Waals surface area contributed by atoms with Crippen LogP contribution in [0.5, 0.6) is 5.75 Å². The van der Waals surface area contributed by atoms with Crippen molar-refractivity contribution in [2.24, 2.45) is 0 Å². The lowest BCUT2D eigenvalue weighted by atomic mass is 10.3. The van der Waals surface area contributed by atoms with E-state index in [0.29, 0.717) is 29.8 Å². The van der Waals surface area contributed by atoms with Gasteiger partial charge >= 0.3 is 5.76 Å². The van der Waals surface area contributed by atoms with Crippen molar-refractivity contribution in [3.8, 4) is 16.5 Å². The van der Waals surface area contributed by atoms with Crippen molar-refractivity contribution in [1.82, 2.24) is 9.78 Å². The molecule has 108 valence electrons. The fourth-order valence-electron chi connectivity index (χ4n) is 1.75. The van der Waals surface area contributed by atoms with Gasteiger partial charge in [0, 0.05) is 5.02 Å². The molecule has 1 aromatic carbocycles. The normalized spacial score (nSPS) is 10.7. The summed E-state index contributed by atoms with van der Waals surface area (Å²) in [6, 6.07) is 10.8. The van der Waals surface area contributed by atoms with Crippen LogP contribution in [-0.2, 0) is 6.54 Å². The topological polar surface area (TPSA) is 57.3 Å². The van der Waals surface area contributed by atoms with E-state index in [4.69, 9.17) is 20.8 Å². The quantitative estimate of drug-likeness (QED) is 0.723. The number of aromatic nitrogens is 2. The van der Waals surface area contributed by atoms with E-state index in [-0.39, 0.29) is 0 Å². The molecule has 21 heavy (non-hydrogen) atoms. The van der Waals surface area contributed by atoms with Crippen molar-refractivity contribution < 1.29 is 9.15 Å². The lowest BCUT2D eigenvalue weighted by molar-refractivity contribution is 0.285. The number of hydrogen-bond donors (Lipinski definition) is 0. The summed E-state index contributed by atoms with van der Waals surface area (Å²) in [6.07, 6.45) is 0. The molecule has 3 rings (SSSR count). The van der Waals surface area contributed by atoms with Crippen LogP contribution in [0, 0.1) is 0 Å². The summed E-state index contributed by atoms with van der Waals surface area (Å²) in [5, 5.41) is 6.65. The highest BCUT2D eigenvalue weighted by molar-refractivity contribution is 7.13. The van der Waals surface area contributed by atoms with Gasteiger partial charge in [0.1, 0.15) is 12.4 Å². The van der Waals surface area contributed by atoms with Crippen molar-refractivity contribution in [1.29, 1.82) is 0 Å². The molecule has 7 heteroatoms. The van der Waals surface area contributed by atoms with E-state index in [1.807, 2.05) is 17.5 Å². The second-order valence-corrected chi connectivity index (χ2v) is 5.56. The van der Waals surface area contributed by atoms with Gasteiger partial charge in [-0.25, -0.2) is 4.79 Å². The van der Waals surface area contributed by atoms with Crippen molar-refractivity contribution in [2.45, 2.75) is 6.54 Å². The zero-order valence-electron chi connectivity index (χ0n) is 10.9. The van der Waals surface area contributed by atoms with Gasteiger partial charge in [0.05, 0.1) is 11.4 Å². The Bertz CT molecular complexity index is 780. The number of hydrogen-bond acceptors (Lipinski definition) is 5. The summed E-state index contributed by atoms with van der Waals surface area (Å²) in [7, 11) is 0. The first-order valence-electron chi connectivity index (χ1n) is 6.22. The van der Waals surface area contributed by atoms with Gasteiger partial charge < -0.3 is 9.15 Å². The first kappa shape index (κ1) is 13.9. The smallest absolute Gasteiger partial charge is 0.437 e. The van der Waals surface area contributed by atoms with Crippen molar-refractivity contribution in [3.63, 3.8) is 0 Å². The monoisotopic (exact) mass is 322 g/mol. The Hall–Kier alpha value is -2.05. The van der Waals surface area contributed by atoms with E-state index in [1.165, 1.54) is 16.0 Å². The number of nitrogens with zero attached hydrogens (tertiary/aromatic N) is 2. The summed E-state index contributed by atoms with van der Waals surface area (Å²) >= 11 is 7.33. The summed E-state index contributed by atoms with van der Waals surface area (Å²) in [4.78, 5) is 12.5. The number of rotatable bonds is 5. The van der Waals surface area contributed by atoms with Crippen LogP contribution in [-0.4, -0.2) is 16.4 Å². The van der Waals surface area contributed by atoms with Gasteiger partial charge in [-0.05, 0) is 29.6 Å². The fraction of sp³-hybridized carbons (Fsp3) is 0.143. The van der Waals surface area contributed by atoms with Crippen LogP contribution in [0.2, 0.25) is 5.02 Å². The zero-order chi connectivity index (χ0) is 14.7. The van der Waals surface area contributed by atoms with E-state index in [0.717, 1.165) is 4.88 Å². The minimum atomic E-state index is -0.493. The van der Waals surface area contributed by atoms with Crippen LogP contribution in [0.4, 0.5) is 0 Å². The minimum Gasteiger partial charge on any atom is -0.492 e. The number of thiophene rings is 1. The van der Waals surface area contributed by atoms with Crippen molar-refractivity contribution in [3.05, 3.63) is 57.4 Å². The average molecular weight is 323 g/mol. The highest BCUT2D eigenvalue weighted by Crippen LogP contribution is 2.21. The maximum absolute atomic E-state index is 11.7. The standard InChI is InChI=1S/C14H11ClN2O3S/c15-10-3-1-4-11(9-10)19-7-6-17-14(18)20-13(16-17)12-5-2-8-21-12/h1-5,8-9H,6-7H2. The summed E-state index contributed by atoms with van der Waals surface area (Å²) < 4.78 is 11.9. The number of benzene rings is 1. The molecule has 0 bridgehead atoms. The first-order chi connectivity index (χ1) is 10.2. The molecular weight excluding hydrogens is 312 g/mol. The molecule has 0 aliphatic carbocycles. The first-order valence-corrected chi connectivity index (χ1v) is 7.48. The maximum atomic E-state index is 11.7. The molecule has 0 aliphatic rings. The Labute approximate surface area is 129 Å². The van der Waals surface area contributed by atoms with Crippen LogP contribution in [0.3, 0.4) is 0 Å². The minimum absolute atomic E-state index is 0.302. The molecule has 0 amide bonds. The van der Waals surface area contributed by atoms with Gasteiger partial charge in [-0.2, -0.15) is 4.68 Å². The van der Waals surface area contributed by atoms with Crippen LogP contribution in [0.15, 0.2) is 51.0 Å². The van der Waals surface area contributed by atoms with Gasteiger partial charge in [0.15, 0.2) is 0 Å². The van der Waals surface area contributed by atoms with Gasteiger partial charge in [-0.3, -0.25) is 0 Å². The van der Waals surface area contributed by atoms with E-state index in [2.05, 4.69) is 5.10 Å². The third-order valence-corrected chi connectivity index (χ3v) is 3.80. The Morgan fingerprint density at radius 2 is 2.24 bits per heavy atom. The molecule has 3 aromatic rings. The van der Waals surface area contributed by atoms with Crippen LogP contribution < -0.4 is 10.5 Å². The van der Waals surface area contributed by atoms with Gasteiger partial charge in [0.2, 0.25) is 0 Å². The van der Waals surface area contributed by atoms with Gasteiger partial charge in [-0.1, -0.05) is 23.7 Å². The molecule has 0 atom stereocenters. The highest BCUT2D eigenvalue weighted by atomic mass is 35.5. The summed E-state index contributed by atoms with van der Waals surface area (Å²) in [5.74, 6) is 0.489. The van der Waals surface area contributed by atoms with E-state index < -0.39 is 5.76 Å². The Morgan fingerprint density at radius 1 is 1.33 bits per heavy atom. The molecule has 0 radical (unpaired) electrons. The van der Waals surface area contributed by atoms with Crippen molar-refractivity contribution >= 4 is 22.9 Å². The van der Waals surface area contributed by atoms with E-state index in [9.17, 15) is 4.79 Å². The average Bonchev–Trinajstić information content (AvgIpc) is 3.09. The molecule has 0 saturated carbocycles. The Morgan fingerprint density at radius 3 is 3.00 bits per heavy atom. The maximum Gasteiger partial charge on any atom is 0.437 e. The molecule has 0 spiro atoms. The SMILES string of the molecule is O=c1oc(-c2cccs2)nn1CCOc1cccc(Cl)c1. The third kappa shape index (κ3) is 3.34. The fourth-order valence-corrected chi connectivity index (χ4v) is 2.58. The summed E-state index contributed by atoms with van der Waals surface area (Å²) in [6.45, 7) is 0.608. The van der Waals surface area contributed by atoms with Crippen LogP contribution in [0.25, 0.3) is 10.8 Å². The zero-order valence-corrected chi connectivity index (χ0v) is 12.4. The van der Waals surface area contributed by atoms with Crippen LogP contribution >= 0.6 is 22.9 Å². The molecule has 0 saturated heterocycles. The van der Waals surface area contributed by atoms with Gasteiger partial charge in [-0.15, -0.1) is 16.4 Å². The second kappa shape index (κ2) is 6.15. The second-order valence-electron chi connectivity index (χ2n) is 4.18. The number of ether oxygens (including phenoxy) is 1. The molecule has 2 aromatic heterocycles. The lowest BCUT2D eigenvalue weighted by Gasteiger charge is -2.05. The molecule has 5 nitrogen and oxygen atoms in total. The Balaban J connectivity index is 1.65. The van der Waals surface area contributed by atoms with Gasteiger partial charge in [0.25, 0.3) is 5.89 Å². The van der Waals surface area contributed by atoms with Crippen molar-refractivity contribution in [2.75, 3.05) is 6.61 Å². The predicted molar refractivity (Wildman–Crippen MR) is 81.0 cm³/mol. The molecular formula is C14H11ClN2O3S. The molecule has 0 aliphatic heterocycles. The molecule has 2 heterocycles. The Kier molecular flexibility index (Phi) is 4.08. The number of halogens is 1. The molecule has 0 unspecified atom stereocenters. The highest BCUT2D eigenvalue weighted by Gasteiger charge is 2.10. The van der Waals surface area contributed by atoms with Crippen LogP contribution in [0.1, 0.15) is 0 Å². The lowest BCUT2D eigenvalue weighted by Crippen LogP contribution is -2.20. The molecule has 0 fully saturated rings. The molecule has 0 N–H and O–H groups in total. The van der Waals surface area contributed by atoms with E-state index >= 15 is 0 Å².